The van der Waals surface area contributed by atoms with Crippen LogP contribution in [0.25, 0.3) is 0 Å². The zero-order valence-corrected chi connectivity index (χ0v) is 11.6. The van der Waals surface area contributed by atoms with E-state index in [4.69, 9.17) is 28.3 Å². The fourth-order valence-electron chi connectivity index (χ4n) is 1.37. The van der Waals surface area contributed by atoms with Gasteiger partial charge in [-0.1, -0.05) is 30.1 Å². The van der Waals surface area contributed by atoms with Crippen molar-refractivity contribution in [3.8, 4) is 0 Å². The molecule has 0 aromatic heterocycles. The lowest BCUT2D eigenvalue weighted by molar-refractivity contribution is 0.257. The summed E-state index contributed by atoms with van der Waals surface area (Å²) in [5, 5.41) is 9.25. The highest BCUT2D eigenvalue weighted by atomic mass is 35.5. The van der Waals surface area contributed by atoms with Crippen molar-refractivity contribution in [1.82, 2.24) is 4.31 Å². The number of aliphatic hydroxyl groups excluding tert-OH is 1. The van der Waals surface area contributed by atoms with E-state index in [-0.39, 0.29) is 29.6 Å². The van der Waals surface area contributed by atoms with Gasteiger partial charge in [0.05, 0.1) is 11.6 Å². The molecule has 0 aliphatic rings. The van der Waals surface area contributed by atoms with Crippen molar-refractivity contribution in [2.75, 3.05) is 19.7 Å². The van der Waals surface area contributed by atoms with E-state index in [9.17, 15) is 8.42 Å². The van der Waals surface area contributed by atoms with Gasteiger partial charge in [0, 0.05) is 18.1 Å². The van der Waals surface area contributed by atoms with Crippen molar-refractivity contribution >= 4 is 33.2 Å². The molecular weight excluding hydrogens is 285 g/mol. The van der Waals surface area contributed by atoms with Gasteiger partial charge >= 0.3 is 0 Å². The number of rotatable bonds is 5. The Kier molecular flexibility index (Phi) is 5.22. The maximum Gasteiger partial charge on any atom is 0.244 e. The predicted molar refractivity (Wildman–Crippen MR) is 68.0 cm³/mol. The number of sulfonamides is 1. The first kappa shape index (κ1) is 14.7. The van der Waals surface area contributed by atoms with Crippen molar-refractivity contribution in [3.63, 3.8) is 0 Å². The first-order valence-electron chi connectivity index (χ1n) is 4.99. The molecule has 7 heteroatoms. The lowest BCUT2D eigenvalue weighted by Gasteiger charge is -2.20. The third-order valence-corrected chi connectivity index (χ3v) is 4.90. The highest BCUT2D eigenvalue weighted by molar-refractivity contribution is 7.89. The molecule has 0 radical (unpaired) electrons. The van der Waals surface area contributed by atoms with Crippen molar-refractivity contribution in [1.29, 1.82) is 0 Å². The summed E-state index contributed by atoms with van der Waals surface area (Å²) >= 11 is 11.6. The zero-order valence-electron chi connectivity index (χ0n) is 9.23. The number of aliphatic hydroxyl groups is 1. The van der Waals surface area contributed by atoms with Gasteiger partial charge < -0.3 is 5.11 Å². The molecule has 0 saturated carbocycles. The van der Waals surface area contributed by atoms with Gasteiger partial charge in [0.1, 0.15) is 4.90 Å². The second kappa shape index (κ2) is 6.02. The van der Waals surface area contributed by atoms with Crippen LogP contribution in [0.3, 0.4) is 0 Å². The monoisotopic (exact) mass is 297 g/mol. The molecule has 0 spiro atoms. The number of likely N-dealkylation sites (N-methyl/N-ethyl adjacent to an activating group) is 1. The van der Waals surface area contributed by atoms with Gasteiger partial charge in [-0.15, -0.1) is 0 Å². The molecule has 0 atom stereocenters. The Morgan fingerprint density at radius 1 is 1.35 bits per heavy atom. The fourth-order valence-corrected chi connectivity index (χ4v) is 3.55. The van der Waals surface area contributed by atoms with Crippen LogP contribution >= 0.6 is 23.2 Å². The maximum atomic E-state index is 12.2. The molecule has 1 aromatic carbocycles. The van der Waals surface area contributed by atoms with Gasteiger partial charge in [0.15, 0.2) is 0 Å². The Labute approximate surface area is 111 Å². The minimum atomic E-state index is -3.71. The molecule has 0 aliphatic carbocycles. The van der Waals surface area contributed by atoms with Crippen LogP contribution in [0.5, 0.6) is 0 Å². The molecule has 0 saturated heterocycles. The molecule has 17 heavy (non-hydrogen) atoms. The van der Waals surface area contributed by atoms with Crippen LogP contribution in [-0.2, 0) is 10.0 Å². The largest absolute Gasteiger partial charge is 0.395 e. The highest BCUT2D eigenvalue weighted by Gasteiger charge is 2.25. The topological polar surface area (TPSA) is 57.6 Å². The van der Waals surface area contributed by atoms with E-state index >= 15 is 0 Å². The summed E-state index contributed by atoms with van der Waals surface area (Å²) in [4.78, 5) is -0.0398. The summed E-state index contributed by atoms with van der Waals surface area (Å²) in [5.41, 5.74) is 0. The van der Waals surface area contributed by atoms with Crippen molar-refractivity contribution in [3.05, 3.63) is 28.2 Å². The second-order valence-electron chi connectivity index (χ2n) is 3.30. The van der Waals surface area contributed by atoms with Crippen LogP contribution in [0.15, 0.2) is 23.1 Å². The van der Waals surface area contributed by atoms with Crippen molar-refractivity contribution in [2.24, 2.45) is 0 Å². The van der Waals surface area contributed by atoms with Crippen LogP contribution in [0.1, 0.15) is 6.92 Å². The summed E-state index contributed by atoms with van der Waals surface area (Å²) in [6.45, 7) is 1.73. The van der Waals surface area contributed by atoms with Gasteiger partial charge in [-0.3, -0.25) is 0 Å². The maximum absolute atomic E-state index is 12.2. The molecule has 1 N–H and O–H groups in total. The first-order chi connectivity index (χ1) is 7.93. The van der Waals surface area contributed by atoms with E-state index in [0.717, 1.165) is 4.31 Å². The number of hydrogen-bond acceptors (Lipinski definition) is 3. The zero-order chi connectivity index (χ0) is 13.1. The van der Waals surface area contributed by atoms with Crippen LogP contribution in [0.4, 0.5) is 0 Å². The molecule has 0 heterocycles. The lowest BCUT2D eigenvalue weighted by Crippen LogP contribution is -2.33. The average molecular weight is 298 g/mol. The Hall–Kier alpha value is -0.330. The normalized spacial score (nSPS) is 12.1. The molecule has 0 fully saturated rings. The molecule has 0 aliphatic heterocycles. The van der Waals surface area contributed by atoms with Crippen LogP contribution in [-0.4, -0.2) is 37.5 Å². The molecule has 0 bridgehead atoms. The third kappa shape index (κ3) is 3.33. The minimum Gasteiger partial charge on any atom is -0.395 e. The molecule has 0 unspecified atom stereocenters. The number of hydrogen-bond donors (Lipinski definition) is 1. The van der Waals surface area contributed by atoms with Crippen molar-refractivity contribution < 1.29 is 13.5 Å². The van der Waals surface area contributed by atoms with Gasteiger partial charge in [0.2, 0.25) is 10.0 Å². The number of nitrogens with zero attached hydrogens (tertiary/aromatic N) is 1. The van der Waals surface area contributed by atoms with Gasteiger partial charge in [-0.05, 0) is 18.2 Å². The predicted octanol–water partition coefficient (Wildman–Crippen LogP) is 2.00. The van der Waals surface area contributed by atoms with Gasteiger partial charge in [-0.25, -0.2) is 8.42 Å². The van der Waals surface area contributed by atoms with E-state index in [1.165, 1.54) is 18.2 Å². The molecule has 4 nitrogen and oxygen atoms in total. The molecule has 96 valence electrons. The average Bonchev–Trinajstić information content (AvgIpc) is 2.28. The van der Waals surface area contributed by atoms with E-state index in [2.05, 4.69) is 0 Å². The van der Waals surface area contributed by atoms with E-state index in [1.807, 2.05) is 0 Å². The van der Waals surface area contributed by atoms with E-state index < -0.39 is 10.0 Å². The quantitative estimate of drug-likeness (QED) is 0.904. The Balaban J connectivity index is 3.24. The lowest BCUT2D eigenvalue weighted by atomic mass is 10.4. The fraction of sp³-hybridized carbons (Fsp3) is 0.400. The Morgan fingerprint density at radius 2 is 2.00 bits per heavy atom. The SMILES string of the molecule is CCN(CCO)S(=O)(=O)c1cc(Cl)ccc1Cl. The van der Waals surface area contributed by atoms with E-state index in [0.29, 0.717) is 5.02 Å². The number of benzene rings is 1. The molecule has 1 rings (SSSR count). The van der Waals surface area contributed by atoms with E-state index in [1.54, 1.807) is 6.92 Å². The van der Waals surface area contributed by atoms with Gasteiger partial charge in [0.25, 0.3) is 0 Å². The Morgan fingerprint density at radius 3 is 2.53 bits per heavy atom. The standard InChI is InChI=1S/C10H13Cl2NO3S/c1-2-13(5-6-14)17(15,16)10-7-8(11)3-4-9(10)12/h3-4,7,14H,2,5-6H2,1H3. The third-order valence-electron chi connectivity index (χ3n) is 2.21. The van der Waals surface area contributed by atoms with Crippen LogP contribution < -0.4 is 0 Å². The summed E-state index contributed by atoms with van der Waals surface area (Å²) in [7, 11) is -3.71. The second-order valence-corrected chi connectivity index (χ2v) is 6.05. The summed E-state index contributed by atoms with van der Waals surface area (Å²) in [5.74, 6) is 0. The van der Waals surface area contributed by atoms with Crippen molar-refractivity contribution in [2.45, 2.75) is 11.8 Å². The Bertz CT molecular complexity index is 490. The molecule has 1 aromatic rings. The van der Waals surface area contributed by atoms with Gasteiger partial charge in [-0.2, -0.15) is 4.31 Å². The smallest absolute Gasteiger partial charge is 0.244 e. The first-order valence-corrected chi connectivity index (χ1v) is 7.19. The molecule has 0 amide bonds. The minimum absolute atomic E-state index is 0.0294. The summed E-state index contributed by atoms with van der Waals surface area (Å²) in [6.07, 6.45) is 0. The van der Waals surface area contributed by atoms with Crippen LogP contribution in [0, 0.1) is 0 Å². The van der Waals surface area contributed by atoms with Crippen LogP contribution in [0.2, 0.25) is 10.0 Å². The summed E-state index contributed by atoms with van der Waals surface area (Å²) < 4.78 is 25.5. The number of halogens is 2. The summed E-state index contributed by atoms with van der Waals surface area (Å²) in [6, 6.07) is 4.26. The molecular formula is C10H13Cl2NO3S. The highest BCUT2D eigenvalue weighted by Crippen LogP contribution is 2.27.